The van der Waals surface area contributed by atoms with Crippen molar-refractivity contribution >= 4 is 17.5 Å². The Labute approximate surface area is 125 Å². The summed E-state index contributed by atoms with van der Waals surface area (Å²) < 4.78 is 5.47. The second-order valence-corrected chi connectivity index (χ2v) is 5.30. The summed E-state index contributed by atoms with van der Waals surface area (Å²) in [4.78, 5) is 24.6. The Morgan fingerprint density at radius 2 is 1.86 bits per heavy atom. The number of hydrogen-bond acceptors (Lipinski definition) is 4. The van der Waals surface area contributed by atoms with Crippen molar-refractivity contribution in [2.24, 2.45) is 11.7 Å². The van der Waals surface area contributed by atoms with Gasteiger partial charge in [-0.3, -0.25) is 9.59 Å². The summed E-state index contributed by atoms with van der Waals surface area (Å²) >= 11 is 0. The van der Waals surface area contributed by atoms with Gasteiger partial charge in [-0.25, -0.2) is 0 Å². The number of nitrogens with two attached hydrogens (primary N) is 2. The highest BCUT2D eigenvalue weighted by atomic mass is 16.5. The van der Waals surface area contributed by atoms with Gasteiger partial charge in [-0.2, -0.15) is 0 Å². The molecule has 0 heterocycles. The lowest BCUT2D eigenvalue weighted by molar-refractivity contribution is -0.136. The predicted octanol–water partition coefficient (Wildman–Crippen LogP) is 1.01. The van der Waals surface area contributed by atoms with E-state index in [1.807, 2.05) is 13.8 Å². The molecule has 4 N–H and O–H groups in total. The summed E-state index contributed by atoms with van der Waals surface area (Å²) in [5.74, 6) is 0.273. The Balaban J connectivity index is 2.45. The third-order valence-electron chi connectivity index (χ3n) is 2.75. The molecule has 0 aliphatic carbocycles. The average Bonchev–Trinajstić information content (AvgIpc) is 2.39. The molecule has 116 valence electrons. The van der Waals surface area contributed by atoms with Crippen LogP contribution in [0.25, 0.3) is 0 Å². The minimum atomic E-state index is -0.511. The molecule has 0 saturated carbocycles. The van der Waals surface area contributed by atoms with Crippen LogP contribution in [0.2, 0.25) is 0 Å². The Morgan fingerprint density at radius 1 is 1.24 bits per heavy atom. The fourth-order valence-corrected chi connectivity index (χ4v) is 1.86. The summed E-state index contributed by atoms with van der Waals surface area (Å²) in [7, 11) is 0. The number of hydrogen-bond donors (Lipinski definition) is 2. The SMILES string of the molecule is CC(C)CN(CC(N)=O)C(=O)CCOc1ccc(N)cc1. The number of benzene rings is 1. The van der Waals surface area contributed by atoms with Crippen molar-refractivity contribution < 1.29 is 14.3 Å². The first-order valence-corrected chi connectivity index (χ1v) is 6.93. The lowest BCUT2D eigenvalue weighted by Crippen LogP contribution is -2.41. The van der Waals surface area contributed by atoms with Crippen LogP contribution in [0.15, 0.2) is 24.3 Å². The molecule has 0 bridgehead atoms. The summed E-state index contributed by atoms with van der Waals surface area (Å²) in [6.45, 7) is 4.65. The number of amides is 2. The molecule has 0 atom stereocenters. The quantitative estimate of drug-likeness (QED) is 0.699. The summed E-state index contributed by atoms with van der Waals surface area (Å²) in [6.07, 6.45) is 0.199. The number of nitrogens with zero attached hydrogens (tertiary/aromatic N) is 1. The third-order valence-corrected chi connectivity index (χ3v) is 2.75. The maximum absolute atomic E-state index is 12.1. The van der Waals surface area contributed by atoms with Gasteiger partial charge in [0, 0.05) is 12.2 Å². The maximum Gasteiger partial charge on any atom is 0.237 e. The molecule has 2 amide bonds. The molecule has 21 heavy (non-hydrogen) atoms. The minimum absolute atomic E-state index is 0.0567. The maximum atomic E-state index is 12.1. The van der Waals surface area contributed by atoms with Crippen molar-refractivity contribution in [2.45, 2.75) is 20.3 Å². The van der Waals surface area contributed by atoms with Gasteiger partial charge >= 0.3 is 0 Å². The Kier molecular flexibility index (Phi) is 6.52. The van der Waals surface area contributed by atoms with Crippen LogP contribution in [0.3, 0.4) is 0 Å². The minimum Gasteiger partial charge on any atom is -0.493 e. The first-order valence-electron chi connectivity index (χ1n) is 6.93. The molecule has 0 spiro atoms. The van der Waals surface area contributed by atoms with E-state index < -0.39 is 5.91 Å². The van der Waals surface area contributed by atoms with E-state index in [0.29, 0.717) is 18.0 Å². The van der Waals surface area contributed by atoms with Crippen LogP contribution in [-0.2, 0) is 9.59 Å². The lowest BCUT2D eigenvalue weighted by atomic mass is 10.2. The van der Waals surface area contributed by atoms with Crippen LogP contribution < -0.4 is 16.2 Å². The Hall–Kier alpha value is -2.24. The molecule has 1 aromatic rings. The molecular formula is C15H23N3O3. The summed E-state index contributed by atoms with van der Waals surface area (Å²) in [6, 6.07) is 6.95. The first-order chi connectivity index (χ1) is 9.88. The topological polar surface area (TPSA) is 98.6 Å². The third kappa shape index (κ3) is 6.65. The van der Waals surface area contributed by atoms with Crippen LogP contribution >= 0.6 is 0 Å². The van der Waals surface area contributed by atoms with Crippen molar-refractivity contribution in [2.75, 3.05) is 25.4 Å². The summed E-state index contributed by atoms with van der Waals surface area (Å²) in [5, 5.41) is 0. The Morgan fingerprint density at radius 3 is 2.38 bits per heavy atom. The molecule has 0 radical (unpaired) electrons. The standard InChI is InChI=1S/C15H23N3O3/c1-11(2)9-18(10-14(17)19)15(20)7-8-21-13-5-3-12(16)4-6-13/h3-6,11H,7-10,16H2,1-2H3,(H2,17,19). The van der Waals surface area contributed by atoms with E-state index in [0.717, 1.165) is 0 Å². The van der Waals surface area contributed by atoms with Gasteiger partial charge in [0.25, 0.3) is 0 Å². The number of anilines is 1. The summed E-state index contributed by atoms with van der Waals surface area (Å²) in [5.41, 5.74) is 11.4. The molecule has 1 aromatic carbocycles. The highest BCUT2D eigenvalue weighted by Gasteiger charge is 2.16. The van der Waals surface area contributed by atoms with Crippen molar-refractivity contribution in [3.63, 3.8) is 0 Å². The zero-order chi connectivity index (χ0) is 15.8. The first kappa shape index (κ1) is 16.8. The number of carbonyl (C=O) groups is 2. The lowest BCUT2D eigenvalue weighted by Gasteiger charge is -2.23. The molecule has 0 aliphatic rings. The average molecular weight is 293 g/mol. The van der Waals surface area contributed by atoms with E-state index >= 15 is 0 Å². The fourth-order valence-electron chi connectivity index (χ4n) is 1.86. The number of carbonyl (C=O) groups excluding carboxylic acids is 2. The van der Waals surface area contributed by atoms with E-state index in [-0.39, 0.29) is 31.4 Å². The molecule has 1 rings (SSSR count). The molecule has 0 aromatic heterocycles. The number of ether oxygens (including phenoxy) is 1. The molecule has 0 unspecified atom stereocenters. The molecular weight excluding hydrogens is 270 g/mol. The molecule has 6 heteroatoms. The van der Waals surface area contributed by atoms with Gasteiger partial charge in [0.05, 0.1) is 19.6 Å². The van der Waals surface area contributed by atoms with Crippen molar-refractivity contribution in [3.05, 3.63) is 24.3 Å². The molecule has 0 saturated heterocycles. The molecule has 0 fully saturated rings. The van der Waals surface area contributed by atoms with Crippen LogP contribution in [0.4, 0.5) is 5.69 Å². The van der Waals surface area contributed by atoms with Crippen molar-refractivity contribution in [1.29, 1.82) is 0 Å². The second kappa shape index (κ2) is 8.14. The van der Waals surface area contributed by atoms with E-state index in [1.54, 1.807) is 24.3 Å². The van der Waals surface area contributed by atoms with E-state index in [9.17, 15) is 9.59 Å². The number of nitrogen functional groups attached to an aromatic ring is 1. The van der Waals surface area contributed by atoms with E-state index in [1.165, 1.54) is 4.90 Å². The van der Waals surface area contributed by atoms with Crippen molar-refractivity contribution in [1.82, 2.24) is 4.90 Å². The van der Waals surface area contributed by atoms with E-state index in [2.05, 4.69) is 0 Å². The van der Waals surface area contributed by atoms with Crippen LogP contribution in [0.1, 0.15) is 20.3 Å². The number of primary amides is 1. The zero-order valence-electron chi connectivity index (χ0n) is 12.5. The van der Waals surface area contributed by atoms with Gasteiger partial charge in [-0.05, 0) is 30.2 Å². The van der Waals surface area contributed by atoms with Gasteiger partial charge < -0.3 is 21.1 Å². The monoisotopic (exact) mass is 293 g/mol. The highest BCUT2D eigenvalue weighted by Crippen LogP contribution is 2.13. The van der Waals surface area contributed by atoms with Gasteiger partial charge in [-0.1, -0.05) is 13.8 Å². The van der Waals surface area contributed by atoms with Crippen LogP contribution in [-0.4, -0.2) is 36.4 Å². The van der Waals surface area contributed by atoms with Gasteiger partial charge in [0.1, 0.15) is 5.75 Å². The largest absolute Gasteiger partial charge is 0.493 e. The van der Waals surface area contributed by atoms with Crippen molar-refractivity contribution in [3.8, 4) is 5.75 Å². The molecule has 0 aliphatic heterocycles. The fraction of sp³-hybridized carbons (Fsp3) is 0.467. The predicted molar refractivity (Wildman–Crippen MR) is 81.6 cm³/mol. The highest BCUT2D eigenvalue weighted by molar-refractivity contribution is 5.83. The zero-order valence-corrected chi connectivity index (χ0v) is 12.5. The van der Waals surface area contributed by atoms with E-state index in [4.69, 9.17) is 16.2 Å². The van der Waals surface area contributed by atoms with Gasteiger partial charge in [0.2, 0.25) is 11.8 Å². The smallest absolute Gasteiger partial charge is 0.237 e. The van der Waals surface area contributed by atoms with Crippen LogP contribution in [0.5, 0.6) is 5.75 Å². The molecule has 6 nitrogen and oxygen atoms in total. The van der Waals surface area contributed by atoms with Gasteiger partial charge in [0.15, 0.2) is 0 Å². The van der Waals surface area contributed by atoms with Gasteiger partial charge in [-0.15, -0.1) is 0 Å². The number of rotatable bonds is 8. The second-order valence-electron chi connectivity index (χ2n) is 5.30. The Bertz CT molecular complexity index is 472. The van der Waals surface area contributed by atoms with Crippen LogP contribution in [0, 0.1) is 5.92 Å². The normalized spacial score (nSPS) is 10.4.